The molecule has 0 aliphatic rings. The van der Waals surface area contributed by atoms with Crippen molar-refractivity contribution in [3.8, 4) is 11.3 Å². The molecule has 1 aromatic heterocycles. The fourth-order valence-electron chi connectivity index (χ4n) is 2.33. The minimum atomic E-state index is -0.0344. The van der Waals surface area contributed by atoms with Gasteiger partial charge in [0.15, 0.2) is 0 Å². The molecule has 1 atom stereocenters. The van der Waals surface area contributed by atoms with Crippen LogP contribution in [0.25, 0.3) is 11.3 Å². The molecule has 3 heteroatoms. The maximum Gasteiger partial charge on any atom is 0.0951 e. The van der Waals surface area contributed by atoms with Gasteiger partial charge in [-0.2, -0.15) is 0 Å². The smallest absolute Gasteiger partial charge is 0.0951 e. The molecule has 3 aromatic rings. The fraction of sp³-hybridized carbons (Fsp3) is 0.118. The fourth-order valence-corrected chi connectivity index (χ4v) is 2.33. The van der Waals surface area contributed by atoms with Crippen molar-refractivity contribution in [1.29, 1.82) is 0 Å². The lowest BCUT2D eigenvalue weighted by Crippen LogP contribution is -2.17. The molecular formula is C17H17N3. The second-order valence-corrected chi connectivity index (χ2v) is 4.81. The Morgan fingerprint density at radius 2 is 1.60 bits per heavy atom. The van der Waals surface area contributed by atoms with E-state index >= 15 is 0 Å². The van der Waals surface area contributed by atoms with Gasteiger partial charge in [0.05, 0.1) is 18.2 Å². The lowest BCUT2D eigenvalue weighted by atomic mass is 10.1. The molecule has 20 heavy (non-hydrogen) atoms. The van der Waals surface area contributed by atoms with Crippen LogP contribution in [0, 0.1) is 0 Å². The molecular weight excluding hydrogens is 246 g/mol. The van der Waals surface area contributed by atoms with Crippen LogP contribution in [-0.2, 0) is 6.54 Å². The molecule has 0 fully saturated rings. The Hall–Kier alpha value is -2.39. The van der Waals surface area contributed by atoms with Gasteiger partial charge in [0.1, 0.15) is 0 Å². The van der Waals surface area contributed by atoms with E-state index in [0.29, 0.717) is 6.54 Å². The number of hydrogen-bond acceptors (Lipinski definition) is 2. The Morgan fingerprint density at radius 1 is 0.950 bits per heavy atom. The van der Waals surface area contributed by atoms with E-state index in [4.69, 9.17) is 5.73 Å². The normalized spacial score (nSPS) is 12.2. The topological polar surface area (TPSA) is 43.8 Å². The Morgan fingerprint density at radius 3 is 2.30 bits per heavy atom. The molecule has 0 aliphatic heterocycles. The molecule has 1 heterocycles. The number of rotatable bonds is 4. The lowest BCUT2D eigenvalue weighted by Gasteiger charge is -2.15. The van der Waals surface area contributed by atoms with Crippen molar-refractivity contribution in [3.05, 3.63) is 78.8 Å². The van der Waals surface area contributed by atoms with Gasteiger partial charge >= 0.3 is 0 Å². The Labute approximate surface area is 118 Å². The van der Waals surface area contributed by atoms with Crippen molar-refractivity contribution in [2.24, 2.45) is 5.73 Å². The molecule has 3 nitrogen and oxygen atoms in total. The first-order valence-corrected chi connectivity index (χ1v) is 6.70. The molecule has 1 unspecified atom stereocenters. The predicted molar refractivity (Wildman–Crippen MR) is 81.0 cm³/mol. The summed E-state index contributed by atoms with van der Waals surface area (Å²) in [6.07, 6.45) is 3.72. The molecule has 100 valence electrons. The maximum atomic E-state index is 6.28. The van der Waals surface area contributed by atoms with Crippen molar-refractivity contribution in [2.45, 2.75) is 12.6 Å². The molecule has 0 amide bonds. The van der Waals surface area contributed by atoms with Crippen molar-refractivity contribution in [1.82, 2.24) is 9.55 Å². The van der Waals surface area contributed by atoms with Crippen LogP contribution in [0.1, 0.15) is 11.6 Å². The lowest BCUT2D eigenvalue weighted by molar-refractivity contribution is 0.580. The maximum absolute atomic E-state index is 6.28. The molecule has 0 aliphatic carbocycles. The summed E-state index contributed by atoms with van der Waals surface area (Å²) < 4.78 is 2.10. The molecule has 0 radical (unpaired) electrons. The van der Waals surface area contributed by atoms with Crippen LogP contribution in [0.4, 0.5) is 0 Å². The summed E-state index contributed by atoms with van der Waals surface area (Å²) in [5.41, 5.74) is 9.68. The first kappa shape index (κ1) is 12.6. The summed E-state index contributed by atoms with van der Waals surface area (Å²) in [4.78, 5) is 4.25. The molecule has 0 saturated heterocycles. The van der Waals surface area contributed by atoms with Gasteiger partial charge < -0.3 is 10.3 Å². The minimum Gasteiger partial charge on any atom is -0.329 e. The molecule has 3 rings (SSSR count). The van der Waals surface area contributed by atoms with Crippen LogP contribution in [0.15, 0.2) is 73.2 Å². The average Bonchev–Trinajstić information content (AvgIpc) is 2.97. The van der Waals surface area contributed by atoms with E-state index in [9.17, 15) is 0 Å². The van der Waals surface area contributed by atoms with Crippen molar-refractivity contribution in [2.75, 3.05) is 0 Å². The van der Waals surface area contributed by atoms with Gasteiger partial charge in [-0.25, -0.2) is 4.98 Å². The van der Waals surface area contributed by atoms with E-state index in [-0.39, 0.29) is 6.04 Å². The van der Waals surface area contributed by atoms with E-state index < -0.39 is 0 Å². The van der Waals surface area contributed by atoms with Gasteiger partial charge in [0.2, 0.25) is 0 Å². The van der Waals surface area contributed by atoms with Crippen LogP contribution in [0.2, 0.25) is 0 Å². The van der Waals surface area contributed by atoms with Gasteiger partial charge in [0.25, 0.3) is 0 Å². The van der Waals surface area contributed by atoms with Crippen LogP contribution in [0.5, 0.6) is 0 Å². The first-order valence-electron chi connectivity index (χ1n) is 6.70. The van der Waals surface area contributed by atoms with E-state index in [2.05, 4.69) is 33.8 Å². The summed E-state index contributed by atoms with van der Waals surface area (Å²) in [5.74, 6) is 0. The number of hydrogen-bond donors (Lipinski definition) is 1. The summed E-state index contributed by atoms with van der Waals surface area (Å²) >= 11 is 0. The number of nitrogens with zero attached hydrogens (tertiary/aromatic N) is 2. The van der Waals surface area contributed by atoms with Gasteiger partial charge in [-0.1, -0.05) is 60.7 Å². The van der Waals surface area contributed by atoms with Gasteiger partial charge in [-0.15, -0.1) is 0 Å². The SMILES string of the molecule is NC(Cn1cncc1-c1ccccc1)c1ccccc1. The molecule has 0 bridgehead atoms. The standard InChI is InChI=1S/C17H17N3/c18-16(14-7-3-1-4-8-14)12-20-13-19-11-17(20)15-9-5-2-6-10-15/h1-11,13,16H,12,18H2. The van der Waals surface area contributed by atoms with Crippen LogP contribution in [-0.4, -0.2) is 9.55 Å². The zero-order valence-corrected chi connectivity index (χ0v) is 11.2. The quantitative estimate of drug-likeness (QED) is 0.785. The minimum absolute atomic E-state index is 0.0344. The van der Waals surface area contributed by atoms with Gasteiger partial charge in [0, 0.05) is 12.6 Å². The van der Waals surface area contributed by atoms with Gasteiger partial charge in [-0.3, -0.25) is 0 Å². The highest BCUT2D eigenvalue weighted by molar-refractivity contribution is 5.58. The number of benzene rings is 2. The van der Waals surface area contributed by atoms with Crippen LogP contribution >= 0.6 is 0 Å². The zero-order chi connectivity index (χ0) is 13.8. The highest BCUT2D eigenvalue weighted by Gasteiger charge is 2.10. The van der Waals surface area contributed by atoms with E-state index in [1.807, 2.05) is 48.9 Å². The molecule has 2 N–H and O–H groups in total. The van der Waals surface area contributed by atoms with Crippen molar-refractivity contribution in [3.63, 3.8) is 0 Å². The predicted octanol–water partition coefficient (Wildman–Crippen LogP) is 3.25. The number of aromatic nitrogens is 2. The summed E-state index contributed by atoms with van der Waals surface area (Å²) in [6.45, 7) is 0.717. The molecule has 2 aromatic carbocycles. The highest BCUT2D eigenvalue weighted by Crippen LogP contribution is 2.21. The third-order valence-electron chi connectivity index (χ3n) is 3.40. The average molecular weight is 263 g/mol. The molecule has 0 spiro atoms. The molecule has 0 saturated carbocycles. The van der Waals surface area contributed by atoms with E-state index in [1.54, 1.807) is 0 Å². The third-order valence-corrected chi connectivity index (χ3v) is 3.40. The monoisotopic (exact) mass is 263 g/mol. The Balaban J connectivity index is 1.84. The van der Waals surface area contributed by atoms with E-state index in [0.717, 1.165) is 16.8 Å². The Bertz CT molecular complexity index is 659. The Kier molecular flexibility index (Phi) is 3.61. The highest BCUT2D eigenvalue weighted by atomic mass is 15.1. The van der Waals surface area contributed by atoms with Crippen molar-refractivity contribution >= 4 is 0 Å². The zero-order valence-electron chi connectivity index (χ0n) is 11.2. The van der Waals surface area contributed by atoms with Crippen LogP contribution in [0.3, 0.4) is 0 Å². The second-order valence-electron chi connectivity index (χ2n) is 4.81. The number of nitrogens with two attached hydrogens (primary N) is 1. The largest absolute Gasteiger partial charge is 0.329 e. The van der Waals surface area contributed by atoms with Crippen LogP contribution < -0.4 is 5.73 Å². The van der Waals surface area contributed by atoms with Crippen molar-refractivity contribution < 1.29 is 0 Å². The second kappa shape index (κ2) is 5.72. The van der Waals surface area contributed by atoms with Gasteiger partial charge in [-0.05, 0) is 11.1 Å². The first-order chi connectivity index (χ1) is 9.84. The summed E-state index contributed by atoms with van der Waals surface area (Å²) in [5, 5.41) is 0. The summed E-state index contributed by atoms with van der Waals surface area (Å²) in [7, 11) is 0. The summed E-state index contributed by atoms with van der Waals surface area (Å²) in [6, 6.07) is 20.4. The van der Waals surface area contributed by atoms with E-state index in [1.165, 1.54) is 0 Å². The number of imidazole rings is 1. The third kappa shape index (κ3) is 2.63.